The molecule has 35 heavy (non-hydrogen) atoms. The Morgan fingerprint density at radius 2 is 1.83 bits per heavy atom. The second-order valence-corrected chi connectivity index (χ2v) is 9.51. The fourth-order valence-corrected chi connectivity index (χ4v) is 5.08. The zero-order chi connectivity index (χ0) is 25.2. The summed E-state index contributed by atoms with van der Waals surface area (Å²) in [6.07, 6.45) is 1.85. The van der Waals surface area contributed by atoms with Gasteiger partial charge in [-0.1, -0.05) is 31.2 Å². The van der Waals surface area contributed by atoms with Gasteiger partial charge in [0.25, 0.3) is 0 Å². The van der Waals surface area contributed by atoms with Crippen molar-refractivity contribution < 1.29 is 9.90 Å². The minimum atomic E-state index is -0.124. The Labute approximate surface area is 211 Å². The summed E-state index contributed by atoms with van der Waals surface area (Å²) in [5, 5.41) is 32.0. The molecule has 1 amide bonds. The number of likely N-dealkylation sites (N-methyl/N-ethyl adjacent to an activating group) is 1. The van der Waals surface area contributed by atoms with E-state index in [-0.39, 0.29) is 25.5 Å². The van der Waals surface area contributed by atoms with Crippen LogP contribution in [0.4, 0.5) is 5.82 Å². The summed E-state index contributed by atoms with van der Waals surface area (Å²) in [4.78, 5) is 21.2. The molecule has 2 aromatic rings. The van der Waals surface area contributed by atoms with Crippen molar-refractivity contribution in [3.8, 4) is 12.1 Å². The molecule has 184 valence electrons. The highest BCUT2D eigenvalue weighted by molar-refractivity contribution is 7.98. The molecule has 1 aliphatic heterocycles. The Kier molecular flexibility index (Phi) is 9.92. The lowest BCUT2D eigenvalue weighted by Gasteiger charge is -2.25. The number of hydrogen-bond donors (Lipinski definition) is 2. The zero-order valence-electron chi connectivity index (χ0n) is 20.4. The highest BCUT2D eigenvalue weighted by Crippen LogP contribution is 2.33. The van der Waals surface area contributed by atoms with Gasteiger partial charge in [-0.05, 0) is 43.1 Å². The Morgan fingerprint density at radius 3 is 2.49 bits per heavy atom. The predicted molar refractivity (Wildman–Crippen MR) is 137 cm³/mol. The summed E-state index contributed by atoms with van der Waals surface area (Å²) in [5.41, 5.74) is 3.72. The molecule has 3 rings (SSSR count). The van der Waals surface area contributed by atoms with Crippen molar-refractivity contribution >= 4 is 23.5 Å². The molecule has 2 heterocycles. The van der Waals surface area contributed by atoms with Crippen LogP contribution in [0.1, 0.15) is 41.2 Å². The number of nitrogens with one attached hydrogen (secondary N) is 1. The standard InChI is InChI=1S/C26H32N6O2S/c1-3-21-22(16-27)25(32-11-4-10-31(2)12-13-32)30-26(23(21)17-28)35-18-20-7-5-19(6-8-20)15-24(34)29-9-14-33/h5-8,33H,3-4,9-15,18H2,1-2H3,(H,29,34). The van der Waals surface area contributed by atoms with Gasteiger partial charge in [0.1, 0.15) is 23.0 Å². The second kappa shape index (κ2) is 13.1. The first-order valence-electron chi connectivity index (χ1n) is 11.9. The summed E-state index contributed by atoms with van der Waals surface area (Å²) < 4.78 is 0. The van der Waals surface area contributed by atoms with Crippen molar-refractivity contribution in [2.45, 2.75) is 37.0 Å². The van der Waals surface area contributed by atoms with E-state index in [1.54, 1.807) is 0 Å². The van der Waals surface area contributed by atoms with Gasteiger partial charge in [-0.15, -0.1) is 11.8 Å². The first-order chi connectivity index (χ1) is 17.0. The lowest BCUT2D eigenvalue weighted by atomic mass is 10.0. The van der Waals surface area contributed by atoms with Crippen LogP contribution in [0.5, 0.6) is 0 Å². The molecule has 0 saturated carbocycles. The van der Waals surface area contributed by atoms with Crippen LogP contribution in [0.3, 0.4) is 0 Å². The monoisotopic (exact) mass is 492 g/mol. The molecule has 1 aliphatic rings. The maximum absolute atomic E-state index is 11.9. The average Bonchev–Trinajstić information content (AvgIpc) is 3.10. The Hall–Kier alpha value is -3.11. The second-order valence-electron chi connectivity index (χ2n) is 8.55. The number of amides is 1. The van der Waals surface area contributed by atoms with E-state index in [0.717, 1.165) is 49.3 Å². The molecule has 0 radical (unpaired) electrons. The Morgan fingerprint density at radius 1 is 1.11 bits per heavy atom. The van der Waals surface area contributed by atoms with Crippen molar-refractivity contribution in [2.24, 2.45) is 0 Å². The van der Waals surface area contributed by atoms with Crippen molar-refractivity contribution in [1.82, 2.24) is 15.2 Å². The minimum absolute atomic E-state index is 0.0771. The molecule has 0 spiro atoms. The van der Waals surface area contributed by atoms with Crippen LogP contribution >= 0.6 is 11.8 Å². The van der Waals surface area contributed by atoms with Gasteiger partial charge in [0.2, 0.25) is 5.91 Å². The maximum Gasteiger partial charge on any atom is 0.224 e. The molecule has 1 aromatic heterocycles. The van der Waals surface area contributed by atoms with Gasteiger partial charge in [-0.2, -0.15) is 10.5 Å². The molecule has 1 fully saturated rings. The average molecular weight is 493 g/mol. The van der Waals surface area contributed by atoms with E-state index < -0.39 is 0 Å². The third kappa shape index (κ3) is 6.95. The number of hydrogen-bond acceptors (Lipinski definition) is 8. The molecule has 0 atom stereocenters. The number of carbonyl (C=O) groups excluding carboxylic acids is 1. The van der Waals surface area contributed by atoms with Crippen LogP contribution in [-0.4, -0.2) is 67.3 Å². The van der Waals surface area contributed by atoms with Crippen molar-refractivity contribution in [1.29, 1.82) is 10.5 Å². The number of anilines is 1. The molecule has 2 N–H and O–H groups in total. The summed E-state index contributed by atoms with van der Waals surface area (Å²) in [6.45, 7) is 5.69. The number of nitriles is 2. The molecule has 0 aliphatic carbocycles. The lowest BCUT2D eigenvalue weighted by Crippen LogP contribution is -2.30. The lowest BCUT2D eigenvalue weighted by molar-refractivity contribution is -0.120. The number of aliphatic hydroxyl groups is 1. The summed E-state index contributed by atoms with van der Waals surface area (Å²) in [7, 11) is 2.10. The number of nitrogens with zero attached hydrogens (tertiary/aromatic N) is 5. The highest BCUT2D eigenvalue weighted by atomic mass is 32.2. The van der Waals surface area contributed by atoms with Gasteiger partial charge in [0, 0.05) is 31.9 Å². The predicted octanol–water partition coefficient (Wildman–Crippen LogP) is 2.47. The first-order valence-corrected chi connectivity index (χ1v) is 12.9. The summed E-state index contributed by atoms with van der Waals surface area (Å²) in [6, 6.07) is 12.4. The molecule has 9 heteroatoms. The maximum atomic E-state index is 11.9. The van der Waals surface area contributed by atoms with Crippen LogP contribution < -0.4 is 10.2 Å². The fourth-order valence-electron chi connectivity index (χ4n) is 4.12. The minimum Gasteiger partial charge on any atom is -0.395 e. The van der Waals surface area contributed by atoms with E-state index in [2.05, 4.69) is 34.3 Å². The summed E-state index contributed by atoms with van der Waals surface area (Å²) >= 11 is 1.50. The molecule has 0 unspecified atom stereocenters. The van der Waals surface area contributed by atoms with Crippen LogP contribution in [0.15, 0.2) is 29.3 Å². The van der Waals surface area contributed by atoms with E-state index in [9.17, 15) is 15.3 Å². The molecule has 8 nitrogen and oxygen atoms in total. The number of benzene rings is 1. The fraction of sp³-hybridized carbons (Fsp3) is 0.462. The molecule has 1 saturated heterocycles. The van der Waals surface area contributed by atoms with Gasteiger partial charge in [0.05, 0.1) is 24.2 Å². The van der Waals surface area contributed by atoms with Crippen molar-refractivity contribution in [2.75, 3.05) is 51.3 Å². The van der Waals surface area contributed by atoms with Gasteiger partial charge < -0.3 is 20.2 Å². The van der Waals surface area contributed by atoms with Crippen molar-refractivity contribution in [3.05, 3.63) is 52.1 Å². The smallest absolute Gasteiger partial charge is 0.224 e. The SMILES string of the molecule is CCc1c(C#N)c(SCc2ccc(CC(=O)NCCO)cc2)nc(N2CCCN(C)CC2)c1C#N. The van der Waals surface area contributed by atoms with Crippen LogP contribution in [0, 0.1) is 22.7 Å². The number of aliphatic hydroxyl groups excluding tert-OH is 1. The topological polar surface area (TPSA) is 116 Å². The largest absolute Gasteiger partial charge is 0.395 e. The Bertz CT molecular complexity index is 1110. The number of carbonyl (C=O) groups is 1. The normalized spacial score (nSPS) is 14.1. The van der Waals surface area contributed by atoms with Gasteiger partial charge >= 0.3 is 0 Å². The van der Waals surface area contributed by atoms with Gasteiger partial charge in [-0.3, -0.25) is 4.79 Å². The van der Waals surface area contributed by atoms with E-state index in [0.29, 0.717) is 34.1 Å². The quantitative estimate of drug-likeness (QED) is 0.513. The van der Waals surface area contributed by atoms with E-state index >= 15 is 0 Å². The number of rotatable bonds is 9. The van der Waals surface area contributed by atoms with Crippen LogP contribution in [-0.2, 0) is 23.4 Å². The number of thioether (sulfide) groups is 1. The van der Waals surface area contributed by atoms with Crippen LogP contribution in [0.2, 0.25) is 0 Å². The molecule has 0 bridgehead atoms. The van der Waals surface area contributed by atoms with Crippen molar-refractivity contribution in [3.63, 3.8) is 0 Å². The third-order valence-electron chi connectivity index (χ3n) is 6.04. The third-order valence-corrected chi connectivity index (χ3v) is 7.09. The van der Waals surface area contributed by atoms with E-state index in [1.807, 2.05) is 31.2 Å². The number of pyridine rings is 1. The van der Waals surface area contributed by atoms with Gasteiger partial charge in [0.15, 0.2) is 0 Å². The summed E-state index contributed by atoms with van der Waals surface area (Å²) in [5.74, 6) is 1.18. The Balaban J connectivity index is 1.81. The number of aromatic nitrogens is 1. The molecular weight excluding hydrogens is 460 g/mol. The van der Waals surface area contributed by atoms with Crippen LogP contribution in [0.25, 0.3) is 0 Å². The van der Waals surface area contributed by atoms with E-state index in [4.69, 9.17) is 10.1 Å². The zero-order valence-corrected chi connectivity index (χ0v) is 21.2. The molecule has 1 aromatic carbocycles. The molecular formula is C26H32N6O2S. The van der Waals surface area contributed by atoms with Gasteiger partial charge in [-0.25, -0.2) is 4.98 Å². The highest BCUT2D eigenvalue weighted by Gasteiger charge is 2.24. The first kappa shape index (κ1) is 26.5. The van der Waals surface area contributed by atoms with E-state index in [1.165, 1.54) is 11.8 Å².